The van der Waals surface area contributed by atoms with Crippen LogP contribution in [0.2, 0.25) is 0 Å². The van der Waals surface area contributed by atoms with E-state index in [4.69, 9.17) is 18.9 Å². The van der Waals surface area contributed by atoms with Gasteiger partial charge in [0.05, 0.1) is 26.4 Å². The number of fused-ring (bicyclic) bond motifs is 2. The molecule has 4 aliphatic heterocycles. The van der Waals surface area contributed by atoms with Crippen LogP contribution in [0.4, 0.5) is 0 Å². The molecular formula is C48H55N3O6. The lowest BCUT2D eigenvalue weighted by atomic mass is 9.53. The van der Waals surface area contributed by atoms with Gasteiger partial charge in [0.2, 0.25) is 0 Å². The molecule has 8 aliphatic rings. The Morgan fingerprint density at radius 2 is 1.46 bits per heavy atom. The van der Waals surface area contributed by atoms with Gasteiger partial charge in [-0.3, -0.25) is 14.6 Å². The highest BCUT2D eigenvalue weighted by Gasteiger charge is 2.51. The van der Waals surface area contributed by atoms with Crippen LogP contribution >= 0.6 is 0 Å². The molecule has 298 valence electrons. The van der Waals surface area contributed by atoms with Crippen molar-refractivity contribution in [1.82, 2.24) is 15.1 Å². The van der Waals surface area contributed by atoms with Crippen molar-refractivity contribution in [2.24, 2.45) is 17.8 Å². The smallest absolute Gasteiger partial charge is 0.255 e. The third-order valence-electron chi connectivity index (χ3n) is 14.4. The van der Waals surface area contributed by atoms with Crippen LogP contribution in [0.15, 0.2) is 60.7 Å². The normalized spacial score (nSPS) is 27.4. The highest BCUT2D eigenvalue weighted by Crippen LogP contribution is 2.56. The van der Waals surface area contributed by atoms with Crippen LogP contribution in [-0.2, 0) is 32.3 Å². The molecule has 2 N–H and O–H groups in total. The summed E-state index contributed by atoms with van der Waals surface area (Å²) < 4.78 is 25.9. The topological polar surface area (TPSA) is 92.7 Å². The van der Waals surface area contributed by atoms with E-state index >= 15 is 0 Å². The zero-order valence-corrected chi connectivity index (χ0v) is 33.7. The van der Waals surface area contributed by atoms with Crippen LogP contribution < -0.4 is 24.3 Å². The van der Waals surface area contributed by atoms with Gasteiger partial charge in [0.15, 0.2) is 23.0 Å². The van der Waals surface area contributed by atoms with Gasteiger partial charge in [0.25, 0.3) is 5.91 Å². The zero-order chi connectivity index (χ0) is 39.0. The van der Waals surface area contributed by atoms with Gasteiger partial charge < -0.3 is 29.4 Å². The van der Waals surface area contributed by atoms with Crippen molar-refractivity contribution in [1.29, 1.82) is 0 Å². The van der Waals surface area contributed by atoms with Gasteiger partial charge in [-0.15, -0.1) is 0 Å². The van der Waals surface area contributed by atoms with Crippen molar-refractivity contribution in [2.75, 3.05) is 41.4 Å². The van der Waals surface area contributed by atoms with Gasteiger partial charge >= 0.3 is 0 Å². The van der Waals surface area contributed by atoms with E-state index in [1.807, 2.05) is 18.2 Å². The van der Waals surface area contributed by atoms with E-state index in [9.17, 15) is 9.90 Å². The molecule has 0 aromatic heterocycles. The van der Waals surface area contributed by atoms with E-state index < -0.39 is 0 Å². The number of nitrogens with zero attached hydrogens (tertiary/aromatic N) is 2. The number of hydrogen-bond donors (Lipinski definition) is 2. The second-order valence-corrected chi connectivity index (χ2v) is 18.1. The standard InChI is InChI=1S/C48H55N3O6/c1-50-13-11-33-22-42(54-3)43-23-38(33)39(50)19-29-7-10-37(47(53)49-48-24-30-15-31(25-48)17-32(16-30)26-48)41(20-29)56-36-8-5-28(6-9-36)18-40-44-34(12-14-51(40)2)21-35(27-52)45(55-4)46(44)57-43/h5-10,20-23,30-32,39-40,52H,11-19,24-27H2,1-4H3,(H,49,53)/t30?,31?,32?,39-,40+,48?/m1/s1. The molecule has 12 rings (SSSR count). The highest BCUT2D eigenvalue weighted by atomic mass is 16.5. The number of rotatable bonds is 5. The lowest BCUT2D eigenvalue weighted by Gasteiger charge is -2.56. The summed E-state index contributed by atoms with van der Waals surface area (Å²) in [5, 5.41) is 14.2. The quantitative estimate of drug-likeness (QED) is 0.210. The van der Waals surface area contributed by atoms with Crippen molar-refractivity contribution in [2.45, 2.75) is 88.4 Å². The van der Waals surface area contributed by atoms with Crippen LogP contribution in [0, 0.1) is 17.8 Å². The molecule has 9 nitrogen and oxygen atoms in total. The Morgan fingerprint density at radius 3 is 2.14 bits per heavy atom. The predicted molar refractivity (Wildman–Crippen MR) is 219 cm³/mol. The molecule has 4 aromatic rings. The molecule has 9 heteroatoms. The number of methoxy groups -OCH3 is 2. The zero-order valence-electron chi connectivity index (χ0n) is 33.7. The number of aliphatic hydroxyl groups is 1. The summed E-state index contributed by atoms with van der Waals surface area (Å²) in [7, 11) is 7.68. The van der Waals surface area contributed by atoms with E-state index in [1.165, 1.54) is 30.4 Å². The van der Waals surface area contributed by atoms with E-state index in [0.29, 0.717) is 52.0 Å². The minimum Gasteiger partial charge on any atom is -0.493 e. The van der Waals surface area contributed by atoms with Crippen LogP contribution in [-0.4, -0.2) is 67.8 Å². The molecule has 0 saturated heterocycles. The lowest BCUT2D eigenvalue weighted by molar-refractivity contribution is -0.0167. The number of likely N-dealkylation sites (N-methyl/N-ethyl adjacent to an activating group) is 2. The Bertz CT molecular complexity index is 2180. The number of ether oxygens (including phenoxy) is 4. The Kier molecular flexibility index (Phi) is 9.26. The minimum atomic E-state index is -0.159. The van der Waals surface area contributed by atoms with Crippen molar-refractivity contribution in [3.8, 4) is 34.5 Å². The fourth-order valence-electron chi connectivity index (χ4n) is 12.0. The van der Waals surface area contributed by atoms with Gasteiger partial charge in [0, 0.05) is 41.8 Å². The Morgan fingerprint density at radius 1 is 0.789 bits per heavy atom. The number of nitrogens with one attached hydrogen (secondary N) is 1. The highest BCUT2D eigenvalue weighted by molar-refractivity contribution is 5.97. The molecule has 0 radical (unpaired) electrons. The number of amides is 1. The first kappa shape index (κ1) is 36.7. The largest absolute Gasteiger partial charge is 0.493 e. The molecule has 4 aliphatic carbocycles. The lowest BCUT2D eigenvalue weighted by Crippen LogP contribution is -2.59. The SMILES string of the molecule is COc1cc2c3cc1Oc1c(OC)c(CO)cc4c1[C@H](Cc1ccc(cc1)Oc1cc(ccc1C(=O)NC15CC6CC(CC(C6)C1)C5)C[C@H]3N(C)CC2)N(C)CC4. The fraction of sp³-hybridized carbons (Fsp3) is 0.479. The Hall–Kier alpha value is -4.57. The fourth-order valence-corrected chi connectivity index (χ4v) is 12.0. The summed E-state index contributed by atoms with van der Waals surface area (Å²) in [6.45, 7) is 1.61. The summed E-state index contributed by atoms with van der Waals surface area (Å²) in [6.07, 6.45) is 10.4. The third-order valence-corrected chi connectivity index (χ3v) is 14.4. The average Bonchev–Trinajstić information content (AvgIpc) is 3.19. The molecule has 4 aromatic carbocycles. The minimum absolute atomic E-state index is 0.0184. The average molecular weight is 770 g/mol. The van der Waals surface area contributed by atoms with E-state index in [-0.39, 0.29) is 30.1 Å². The first-order chi connectivity index (χ1) is 27.7. The second-order valence-electron chi connectivity index (χ2n) is 18.1. The first-order valence-electron chi connectivity index (χ1n) is 21.0. The molecule has 57 heavy (non-hydrogen) atoms. The molecule has 4 fully saturated rings. The number of carbonyl (C=O) groups excluding carboxylic acids is 1. The summed E-state index contributed by atoms with van der Waals surface area (Å²) in [4.78, 5) is 19.2. The van der Waals surface area contributed by atoms with Crippen LogP contribution in [0.25, 0.3) is 0 Å². The third kappa shape index (κ3) is 6.56. The monoisotopic (exact) mass is 769 g/mol. The molecule has 10 bridgehead atoms. The summed E-state index contributed by atoms with van der Waals surface area (Å²) in [6, 6.07) is 20.9. The van der Waals surface area contributed by atoms with E-state index in [2.05, 4.69) is 71.7 Å². The maximum atomic E-state index is 14.4. The number of benzene rings is 4. The maximum Gasteiger partial charge on any atom is 0.255 e. The Balaban J connectivity index is 1.09. The summed E-state index contributed by atoms with van der Waals surface area (Å²) in [5.74, 6) is 5.94. The van der Waals surface area contributed by atoms with Crippen molar-refractivity contribution < 1.29 is 28.8 Å². The summed E-state index contributed by atoms with van der Waals surface area (Å²) in [5.41, 5.74) is 8.07. The Labute approximate surface area is 336 Å². The van der Waals surface area contributed by atoms with Crippen LogP contribution in [0.5, 0.6) is 34.5 Å². The van der Waals surface area contributed by atoms with E-state index in [0.717, 1.165) is 91.6 Å². The molecule has 2 atom stereocenters. The van der Waals surface area contributed by atoms with Crippen molar-refractivity contribution in [3.63, 3.8) is 0 Å². The maximum absolute atomic E-state index is 14.4. The van der Waals surface area contributed by atoms with Crippen LogP contribution in [0.1, 0.15) is 99.9 Å². The molecule has 0 unspecified atom stereocenters. The van der Waals surface area contributed by atoms with Gasteiger partial charge in [-0.2, -0.15) is 0 Å². The summed E-state index contributed by atoms with van der Waals surface area (Å²) >= 11 is 0. The molecule has 4 heterocycles. The number of carbonyl (C=O) groups is 1. The number of aliphatic hydroxyl groups excluding tert-OH is 1. The predicted octanol–water partition coefficient (Wildman–Crippen LogP) is 8.34. The van der Waals surface area contributed by atoms with Gasteiger partial charge in [-0.05, 0) is 166 Å². The molecular weight excluding hydrogens is 715 g/mol. The van der Waals surface area contributed by atoms with E-state index in [1.54, 1.807) is 14.2 Å². The first-order valence-corrected chi connectivity index (χ1v) is 21.0. The number of hydrogen-bond acceptors (Lipinski definition) is 8. The molecule has 4 saturated carbocycles. The van der Waals surface area contributed by atoms with Crippen LogP contribution in [0.3, 0.4) is 0 Å². The van der Waals surface area contributed by atoms with Gasteiger partial charge in [-0.25, -0.2) is 0 Å². The van der Waals surface area contributed by atoms with Gasteiger partial charge in [0.1, 0.15) is 11.5 Å². The van der Waals surface area contributed by atoms with Crippen molar-refractivity contribution >= 4 is 5.91 Å². The second kappa shape index (κ2) is 14.4. The van der Waals surface area contributed by atoms with Crippen molar-refractivity contribution in [3.05, 3.63) is 105 Å². The molecule has 1 amide bonds. The molecule has 0 spiro atoms. The van der Waals surface area contributed by atoms with Gasteiger partial charge in [-0.1, -0.05) is 18.2 Å².